The highest BCUT2D eigenvalue weighted by molar-refractivity contribution is 5.78. The van der Waals surface area contributed by atoms with Crippen molar-refractivity contribution in [2.75, 3.05) is 11.9 Å². The number of aromatic nitrogens is 2. The van der Waals surface area contributed by atoms with Gasteiger partial charge in [-0.3, -0.25) is 0 Å². The number of oxazole rings is 2. The number of hydrogen-bond donors (Lipinski definition) is 2. The number of nitrogens with zero attached hydrogens (tertiary/aromatic N) is 2. The van der Waals surface area contributed by atoms with Crippen LogP contribution in [-0.2, 0) is 23.1 Å². The summed E-state index contributed by atoms with van der Waals surface area (Å²) in [5.41, 5.74) is 2.89. The van der Waals surface area contributed by atoms with Crippen molar-refractivity contribution in [3.8, 4) is 5.75 Å². The minimum Gasteiger partial charge on any atom is -0.493 e. The Balaban J connectivity index is 1.33. The number of carbonyl (C=O) groups is 1. The van der Waals surface area contributed by atoms with Crippen molar-refractivity contribution < 1.29 is 23.5 Å². The number of aliphatic carboxylic acids is 1. The van der Waals surface area contributed by atoms with Gasteiger partial charge in [0.2, 0.25) is 0 Å². The van der Waals surface area contributed by atoms with Gasteiger partial charge in [-0.1, -0.05) is 45.0 Å². The van der Waals surface area contributed by atoms with Gasteiger partial charge in [-0.05, 0) is 36.8 Å². The van der Waals surface area contributed by atoms with Crippen LogP contribution in [0.2, 0.25) is 0 Å². The third-order valence-electron chi connectivity index (χ3n) is 5.39. The van der Waals surface area contributed by atoms with Gasteiger partial charge in [0.15, 0.2) is 11.5 Å². The van der Waals surface area contributed by atoms with Crippen LogP contribution in [0.5, 0.6) is 5.75 Å². The third kappa shape index (κ3) is 5.57. The quantitative estimate of drug-likeness (QED) is 0.351. The number of carboxylic acids is 1. The summed E-state index contributed by atoms with van der Waals surface area (Å²) in [6.07, 6.45) is 0.907. The number of fused-ring (bicyclic) bond motifs is 1. The molecule has 8 nitrogen and oxygen atoms in total. The number of para-hydroxylation sites is 2. The van der Waals surface area contributed by atoms with Gasteiger partial charge in [-0.2, -0.15) is 4.98 Å². The molecule has 0 radical (unpaired) electrons. The van der Waals surface area contributed by atoms with Crippen molar-refractivity contribution in [3.63, 3.8) is 0 Å². The Labute approximate surface area is 198 Å². The highest BCUT2D eigenvalue weighted by Crippen LogP contribution is 2.24. The van der Waals surface area contributed by atoms with Crippen LogP contribution in [0.3, 0.4) is 0 Å². The molecule has 0 saturated carbocycles. The van der Waals surface area contributed by atoms with E-state index in [1.165, 1.54) is 0 Å². The van der Waals surface area contributed by atoms with Crippen molar-refractivity contribution in [1.82, 2.24) is 9.97 Å². The second-order valence-corrected chi connectivity index (χ2v) is 9.24. The second kappa shape index (κ2) is 9.59. The van der Waals surface area contributed by atoms with E-state index in [2.05, 4.69) is 36.1 Å². The summed E-state index contributed by atoms with van der Waals surface area (Å²) in [6.45, 7) is 8.58. The van der Waals surface area contributed by atoms with Gasteiger partial charge >= 0.3 is 5.97 Å². The Morgan fingerprint density at radius 3 is 2.47 bits per heavy atom. The molecule has 0 spiro atoms. The first-order valence-electron chi connectivity index (χ1n) is 11.2. The molecule has 2 heterocycles. The number of benzene rings is 2. The Bertz CT molecular complexity index is 1230. The molecule has 0 aliphatic heterocycles. The topological polar surface area (TPSA) is 111 Å². The number of hydrogen-bond acceptors (Lipinski definition) is 7. The summed E-state index contributed by atoms with van der Waals surface area (Å²) < 4.78 is 17.2. The summed E-state index contributed by atoms with van der Waals surface area (Å²) in [5, 5.41) is 12.5. The number of aryl methyl sites for hydroxylation is 1. The summed E-state index contributed by atoms with van der Waals surface area (Å²) in [5.74, 6) is 1.26. The van der Waals surface area contributed by atoms with E-state index in [0.29, 0.717) is 29.9 Å². The molecule has 0 amide bonds. The van der Waals surface area contributed by atoms with E-state index in [1.807, 2.05) is 49.4 Å². The maximum atomic E-state index is 11.8. The molecule has 0 unspecified atom stereocenters. The number of ether oxygens (including phenoxy) is 1. The standard InChI is InChI=1S/C26H29N3O5/c1-16-19(27-24(33-16)26(2,3)4)13-14-32-18-11-9-17(10-12-18)15-21(23(30)31)29-25-28-20-7-5-6-8-22(20)34-25/h5-12,21H,13-15H2,1-4H3,(H,28,29)(H,30,31)/t21-/m0/s1. The van der Waals surface area contributed by atoms with Crippen molar-refractivity contribution >= 4 is 23.1 Å². The summed E-state index contributed by atoms with van der Waals surface area (Å²) in [6, 6.07) is 14.0. The normalized spacial score (nSPS) is 12.6. The SMILES string of the molecule is Cc1oc(C(C)(C)C)nc1CCOc1ccc(C[C@H](Nc2nc3ccccc3o2)C(=O)O)cc1. The summed E-state index contributed by atoms with van der Waals surface area (Å²) >= 11 is 0. The molecule has 0 bridgehead atoms. The molecule has 34 heavy (non-hydrogen) atoms. The van der Waals surface area contributed by atoms with Crippen molar-refractivity contribution in [2.45, 2.75) is 52.0 Å². The van der Waals surface area contributed by atoms with Gasteiger partial charge < -0.3 is 24.0 Å². The zero-order valence-electron chi connectivity index (χ0n) is 19.8. The van der Waals surface area contributed by atoms with Crippen LogP contribution < -0.4 is 10.1 Å². The van der Waals surface area contributed by atoms with E-state index in [1.54, 1.807) is 6.07 Å². The fourth-order valence-corrected chi connectivity index (χ4v) is 3.49. The average molecular weight is 464 g/mol. The molecule has 1 atom stereocenters. The highest BCUT2D eigenvalue weighted by Gasteiger charge is 2.22. The number of rotatable bonds is 9. The highest BCUT2D eigenvalue weighted by atomic mass is 16.5. The van der Waals surface area contributed by atoms with Crippen LogP contribution in [-0.4, -0.2) is 33.7 Å². The Morgan fingerprint density at radius 2 is 1.82 bits per heavy atom. The van der Waals surface area contributed by atoms with Gasteiger partial charge in [0.25, 0.3) is 6.01 Å². The molecular formula is C26H29N3O5. The molecule has 2 aromatic carbocycles. The number of nitrogens with one attached hydrogen (secondary N) is 1. The lowest BCUT2D eigenvalue weighted by Gasteiger charge is -2.13. The largest absolute Gasteiger partial charge is 0.493 e. The van der Waals surface area contributed by atoms with E-state index in [-0.39, 0.29) is 17.9 Å². The summed E-state index contributed by atoms with van der Waals surface area (Å²) in [4.78, 5) is 20.7. The van der Waals surface area contributed by atoms with E-state index < -0.39 is 12.0 Å². The fourth-order valence-electron chi connectivity index (χ4n) is 3.49. The molecule has 8 heteroatoms. The molecule has 2 N–H and O–H groups in total. The minimum absolute atomic E-state index is 0.136. The molecule has 0 aliphatic carbocycles. The predicted octanol–water partition coefficient (Wildman–Crippen LogP) is 5.15. The van der Waals surface area contributed by atoms with Gasteiger partial charge in [0.1, 0.15) is 23.1 Å². The molecule has 0 aliphatic rings. The Morgan fingerprint density at radius 1 is 1.09 bits per heavy atom. The van der Waals surface area contributed by atoms with Crippen LogP contribution in [0, 0.1) is 6.92 Å². The van der Waals surface area contributed by atoms with Crippen molar-refractivity contribution in [1.29, 1.82) is 0 Å². The minimum atomic E-state index is -0.986. The second-order valence-electron chi connectivity index (χ2n) is 9.24. The lowest BCUT2D eigenvalue weighted by atomic mass is 9.97. The molecular weight excluding hydrogens is 434 g/mol. The molecule has 4 rings (SSSR count). The predicted molar refractivity (Wildman–Crippen MR) is 128 cm³/mol. The van der Waals surface area contributed by atoms with Crippen LogP contribution in [0.1, 0.15) is 43.7 Å². The van der Waals surface area contributed by atoms with Crippen LogP contribution in [0.25, 0.3) is 11.1 Å². The first-order valence-corrected chi connectivity index (χ1v) is 11.2. The van der Waals surface area contributed by atoms with E-state index in [4.69, 9.17) is 13.6 Å². The molecule has 2 aromatic heterocycles. The lowest BCUT2D eigenvalue weighted by molar-refractivity contribution is -0.137. The number of anilines is 1. The average Bonchev–Trinajstić information content (AvgIpc) is 3.37. The zero-order chi connectivity index (χ0) is 24.3. The maximum absolute atomic E-state index is 11.8. The van der Waals surface area contributed by atoms with Crippen molar-refractivity contribution in [2.24, 2.45) is 0 Å². The van der Waals surface area contributed by atoms with E-state index in [9.17, 15) is 9.90 Å². The molecule has 0 fully saturated rings. The molecule has 0 saturated heterocycles. The van der Waals surface area contributed by atoms with Gasteiger partial charge in [-0.15, -0.1) is 0 Å². The maximum Gasteiger partial charge on any atom is 0.326 e. The Kier molecular flexibility index (Phi) is 6.58. The summed E-state index contributed by atoms with van der Waals surface area (Å²) in [7, 11) is 0. The molecule has 178 valence electrons. The zero-order valence-corrected chi connectivity index (χ0v) is 19.8. The molecule has 4 aromatic rings. The fraction of sp³-hybridized carbons (Fsp3) is 0.346. The third-order valence-corrected chi connectivity index (χ3v) is 5.39. The van der Waals surface area contributed by atoms with Crippen molar-refractivity contribution in [3.05, 3.63) is 71.4 Å². The first-order chi connectivity index (χ1) is 16.2. The number of carboxylic acid groups (broad SMARTS) is 1. The van der Waals surface area contributed by atoms with E-state index >= 15 is 0 Å². The van der Waals surface area contributed by atoms with Gasteiger partial charge in [0, 0.05) is 18.3 Å². The van der Waals surface area contributed by atoms with Gasteiger partial charge in [0.05, 0.1) is 12.3 Å². The Hall–Kier alpha value is -3.81. The first kappa shape index (κ1) is 23.4. The van der Waals surface area contributed by atoms with E-state index in [0.717, 1.165) is 22.9 Å². The monoisotopic (exact) mass is 463 g/mol. The van der Waals surface area contributed by atoms with Crippen LogP contribution in [0.15, 0.2) is 57.4 Å². The van der Waals surface area contributed by atoms with Gasteiger partial charge in [-0.25, -0.2) is 9.78 Å². The van der Waals surface area contributed by atoms with Crippen LogP contribution in [0.4, 0.5) is 6.01 Å². The lowest BCUT2D eigenvalue weighted by Crippen LogP contribution is -2.31. The smallest absolute Gasteiger partial charge is 0.326 e. The van der Waals surface area contributed by atoms with Crippen LogP contribution >= 0.6 is 0 Å².